The van der Waals surface area contributed by atoms with E-state index in [-0.39, 0.29) is 18.5 Å². The lowest BCUT2D eigenvalue weighted by atomic mass is 10.0. The number of carbonyl (C=O) groups excluding carboxylic acids is 1. The highest BCUT2D eigenvalue weighted by molar-refractivity contribution is 5.78. The third-order valence-electron chi connectivity index (χ3n) is 3.39. The molecule has 104 valence electrons. The number of anilines is 1. The highest BCUT2D eigenvalue weighted by atomic mass is 16.5. The van der Waals surface area contributed by atoms with Crippen molar-refractivity contribution in [1.29, 1.82) is 0 Å². The molecule has 19 heavy (non-hydrogen) atoms. The number of amides is 1. The molecule has 2 rings (SSSR count). The molecule has 1 saturated heterocycles. The Morgan fingerprint density at radius 2 is 2.42 bits per heavy atom. The summed E-state index contributed by atoms with van der Waals surface area (Å²) in [5, 5.41) is 2.96. The molecule has 1 unspecified atom stereocenters. The fourth-order valence-corrected chi connectivity index (χ4v) is 2.42. The van der Waals surface area contributed by atoms with Gasteiger partial charge >= 0.3 is 0 Å². The van der Waals surface area contributed by atoms with Gasteiger partial charge in [0.2, 0.25) is 5.91 Å². The van der Waals surface area contributed by atoms with Crippen LogP contribution in [0.3, 0.4) is 0 Å². The van der Waals surface area contributed by atoms with Crippen LogP contribution < -0.4 is 20.7 Å². The van der Waals surface area contributed by atoms with Crippen LogP contribution in [0.15, 0.2) is 24.3 Å². The number of nitrogens with two attached hydrogens (primary N) is 1. The minimum atomic E-state index is -0.0857. The van der Waals surface area contributed by atoms with Gasteiger partial charge in [0, 0.05) is 30.9 Å². The van der Waals surface area contributed by atoms with E-state index in [4.69, 9.17) is 10.5 Å². The Morgan fingerprint density at radius 3 is 3.16 bits per heavy atom. The van der Waals surface area contributed by atoms with Gasteiger partial charge < -0.3 is 20.7 Å². The first kappa shape index (κ1) is 13.7. The highest BCUT2D eigenvalue weighted by Crippen LogP contribution is 2.24. The minimum Gasteiger partial charge on any atom is -0.497 e. The molecule has 1 aliphatic heterocycles. The number of carbonyl (C=O) groups is 1. The van der Waals surface area contributed by atoms with Crippen LogP contribution >= 0.6 is 0 Å². The number of benzene rings is 1. The summed E-state index contributed by atoms with van der Waals surface area (Å²) in [7, 11) is 1.67. The van der Waals surface area contributed by atoms with Crippen molar-refractivity contribution in [3.63, 3.8) is 0 Å². The molecule has 0 spiro atoms. The van der Waals surface area contributed by atoms with Crippen LogP contribution in [-0.2, 0) is 4.79 Å². The molecule has 1 fully saturated rings. The molecule has 1 aliphatic rings. The summed E-state index contributed by atoms with van der Waals surface area (Å²) in [6, 6.07) is 8.18. The molecule has 3 N–H and O–H groups in total. The largest absolute Gasteiger partial charge is 0.497 e. The lowest BCUT2D eigenvalue weighted by Gasteiger charge is -2.34. The summed E-state index contributed by atoms with van der Waals surface area (Å²) in [5.74, 6) is 0.767. The molecule has 5 nitrogen and oxygen atoms in total. The monoisotopic (exact) mass is 263 g/mol. The van der Waals surface area contributed by atoms with Crippen LogP contribution in [0.2, 0.25) is 0 Å². The van der Waals surface area contributed by atoms with Crippen LogP contribution in [0.25, 0.3) is 0 Å². The van der Waals surface area contributed by atoms with E-state index in [1.54, 1.807) is 7.11 Å². The Hall–Kier alpha value is -1.75. The Labute approximate surface area is 113 Å². The first-order valence-corrected chi connectivity index (χ1v) is 6.61. The van der Waals surface area contributed by atoms with Crippen LogP contribution in [0, 0.1) is 0 Å². The highest BCUT2D eigenvalue weighted by Gasteiger charge is 2.21. The molecule has 0 saturated carbocycles. The first-order chi connectivity index (χ1) is 9.22. The van der Waals surface area contributed by atoms with E-state index in [1.807, 2.05) is 18.2 Å². The Morgan fingerprint density at radius 1 is 1.58 bits per heavy atom. The zero-order chi connectivity index (χ0) is 13.7. The quantitative estimate of drug-likeness (QED) is 0.841. The second-order valence-corrected chi connectivity index (χ2v) is 4.76. The van der Waals surface area contributed by atoms with Gasteiger partial charge in [-0.25, -0.2) is 0 Å². The normalized spacial score (nSPS) is 19.1. The van der Waals surface area contributed by atoms with Crippen molar-refractivity contribution in [3.05, 3.63) is 24.3 Å². The molecule has 1 amide bonds. The number of nitrogens with one attached hydrogen (secondary N) is 1. The molecule has 0 bridgehead atoms. The van der Waals surface area contributed by atoms with Crippen molar-refractivity contribution >= 4 is 11.6 Å². The third kappa shape index (κ3) is 3.61. The average Bonchev–Trinajstić information content (AvgIpc) is 2.47. The SMILES string of the molecule is COc1cccc(N2CCCC(NC(=O)CN)C2)c1. The summed E-state index contributed by atoms with van der Waals surface area (Å²) in [6.45, 7) is 1.87. The van der Waals surface area contributed by atoms with E-state index >= 15 is 0 Å². The number of hydrogen-bond donors (Lipinski definition) is 2. The van der Waals surface area contributed by atoms with Gasteiger partial charge in [-0.2, -0.15) is 0 Å². The maximum absolute atomic E-state index is 11.3. The van der Waals surface area contributed by atoms with Crippen molar-refractivity contribution in [3.8, 4) is 5.75 Å². The number of ether oxygens (including phenoxy) is 1. The number of rotatable bonds is 4. The zero-order valence-corrected chi connectivity index (χ0v) is 11.3. The van der Waals surface area contributed by atoms with Crippen molar-refractivity contribution in [2.75, 3.05) is 31.6 Å². The topological polar surface area (TPSA) is 67.6 Å². The van der Waals surface area contributed by atoms with Crippen molar-refractivity contribution in [1.82, 2.24) is 5.32 Å². The van der Waals surface area contributed by atoms with E-state index < -0.39 is 0 Å². The molecule has 0 radical (unpaired) electrons. The zero-order valence-electron chi connectivity index (χ0n) is 11.3. The molecule has 5 heteroatoms. The van der Waals surface area contributed by atoms with E-state index in [9.17, 15) is 4.79 Å². The van der Waals surface area contributed by atoms with Crippen LogP contribution in [0.4, 0.5) is 5.69 Å². The van der Waals surface area contributed by atoms with Gasteiger partial charge in [-0.15, -0.1) is 0 Å². The standard InChI is InChI=1S/C14H21N3O2/c1-19-13-6-2-5-12(8-13)17-7-3-4-11(10-17)16-14(18)9-15/h2,5-6,8,11H,3-4,7,9-10,15H2,1H3,(H,16,18). The molecule has 0 aromatic heterocycles. The number of methoxy groups -OCH3 is 1. The molecular weight excluding hydrogens is 242 g/mol. The van der Waals surface area contributed by atoms with Gasteiger partial charge in [-0.3, -0.25) is 4.79 Å². The Kier molecular flexibility index (Phi) is 4.63. The van der Waals surface area contributed by atoms with Gasteiger partial charge in [0.25, 0.3) is 0 Å². The van der Waals surface area contributed by atoms with E-state index in [1.165, 1.54) is 0 Å². The fraction of sp³-hybridized carbons (Fsp3) is 0.500. The predicted octanol–water partition coefficient (Wildman–Crippen LogP) is 0.739. The van der Waals surface area contributed by atoms with Crippen molar-refractivity contribution < 1.29 is 9.53 Å². The third-order valence-corrected chi connectivity index (χ3v) is 3.39. The van der Waals surface area contributed by atoms with Crippen molar-refractivity contribution in [2.24, 2.45) is 5.73 Å². The summed E-state index contributed by atoms with van der Waals surface area (Å²) in [5.41, 5.74) is 6.46. The number of piperidine rings is 1. The second kappa shape index (κ2) is 6.43. The summed E-state index contributed by atoms with van der Waals surface area (Å²) in [6.07, 6.45) is 2.07. The van der Waals surface area contributed by atoms with Gasteiger partial charge in [0.1, 0.15) is 5.75 Å². The fourth-order valence-electron chi connectivity index (χ4n) is 2.42. The van der Waals surface area contributed by atoms with E-state index in [0.29, 0.717) is 0 Å². The van der Waals surface area contributed by atoms with Gasteiger partial charge in [0.05, 0.1) is 13.7 Å². The van der Waals surface area contributed by atoms with Crippen molar-refractivity contribution in [2.45, 2.75) is 18.9 Å². The maximum Gasteiger partial charge on any atom is 0.234 e. The molecule has 1 heterocycles. The van der Waals surface area contributed by atoms with Gasteiger partial charge in [0.15, 0.2) is 0 Å². The number of hydrogen-bond acceptors (Lipinski definition) is 4. The lowest BCUT2D eigenvalue weighted by molar-refractivity contribution is -0.120. The summed E-state index contributed by atoms with van der Waals surface area (Å²) >= 11 is 0. The molecule has 1 aromatic rings. The molecule has 1 atom stereocenters. The predicted molar refractivity (Wildman–Crippen MR) is 75.4 cm³/mol. The van der Waals surface area contributed by atoms with E-state index in [0.717, 1.165) is 37.4 Å². The average molecular weight is 263 g/mol. The van der Waals surface area contributed by atoms with Gasteiger partial charge in [-0.1, -0.05) is 6.07 Å². The van der Waals surface area contributed by atoms with Gasteiger partial charge in [-0.05, 0) is 25.0 Å². The van der Waals surface area contributed by atoms with Crippen LogP contribution in [0.1, 0.15) is 12.8 Å². The summed E-state index contributed by atoms with van der Waals surface area (Å²) in [4.78, 5) is 13.6. The molecule has 0 aliphatic carbocycles. The first-order valence-electron chi connectivity index (χ1n) is 6.61. The molecular formula is C14H21N3O2. The Balaban J connectivity index is 2.01. The maximum atomic E-state index is 11.3. The number of nitrogens with zero attached hydrogens (tertiary/aromatic N) is 1. The lowest BCUT2D eigenvalue weighted by Crippen LogP contribution is -2.49. The second-order valence-electron chi connectivity index (χ2n) is 4.76. The Bertz CT molecular complexity index is 436. The van der Waals surface area contributed by atoms with E-state index in [2.05, 4.69) is 16.3 Å². The smallest absolute Gasteiger partial charge is 0.234 e. The van der Waals surface area contributed by atoms with Crippen LogP contribution in [-0.4, -0.2) is 38.7 Å². The minimum absolute atomic E-state index is 0.0512. The summed E-state index contributed by atoms with van der Waals surface area (Å²) < 4.78 is 5.24. The molecule has 1 aromatic carbocycles. The van der Waals surface area contributed by atoms with Crippen LogP contribution in [0.5, 0.6) is 5.75 Å².